The number of nitrogens with one attached hydrogen (secondary N) is 3. The molecule has 0 spiro atoms. The molecule has 1 aromatic heterocycles. The second-order valence-electron chi connectivity index (χ2n) is 11.2. The van der Waals surface area contributed by atoms with Crippen LogP contribution in [0.1, 0.15) is 74.3 Å². The third-order valence-electron chi connectivity index (χ3n) is 7.83. The van der Waals surface area contributed by atoms with Gasteiger partial charge in [0.25, 0.3) is 11.5 Å². The summed E-state index contributed by atoms with van der Waals surface area (Å²) < 4.78 is 16.8. The number of aromatic nitrogens is 2. The zero-order valence-electron chi connectivity index (χ0n) is 23.1. The molecular formula is C30H33FN6O4. The van der Waals surface area contributed by atoms with Crippen LogP contribution < -0.4 is 27.2 Å². The molecule has 5 rings (SSSR count). The minimum absolute atomic E-state index is 0.117. The van der Waals surface area contributed by atoms with Crippen molar-refractivity contribution in [3.05, 3.63) is 74.2 Å². The Bertz CT molecular complexity index is 1670. The number of carbonyl (C=O) groups is 2. The van der Waals surface area contributed by atoms with Crippen LogP contribution in [0.3, 0.4) is 0 Å². The van der Waals surface area contributed by atoms with Crippen LogP contribution in [0, 0.1) is 23.1 Å². The van der Waals surface area contributed by atoms with Crippen LogP contribution >= 0.6 is 0 Å². The zero-order chi connectivity index (χ0) is 29.3. The molecular weight excluding hydrogens is 527 g/mol. The monoisotopic (exact) mass is 560 g/mol. The molecule has 3 amide bonds. The smallest absolute Gasteiger partial charge is 0.331 e. The summed E-state index contributed by atoms with van der Waals surface area (Å²) in [6, 6.07) is 8.92. The van der Waals surface area contributed by atoms with E-state index in [1.165, 1.54) is 16.7 Å². The predicted molar refractivity (Wildman–Crippen MR) is 152 cm³/mol. The lowest BCUT2D eigenvalue weighted by Crippen LogP contribution is -2.54. The quantitative estimate of drug-likeness (QED) is 0.401. The first-order chi connectivity index (χ1) is 19.7. The molecule has 2 aromatic carbocycles. The maximum absolute atomic E-state index is 13.9. The number of rotatable bonds is 7. The molecule has 41 heavy (non-hydrogen) atoms. The van der Waals surface area contributed by atoms with Gasteiger partial charge in [0.2, 0.25) is 0 Å². The van der Waals surface area contributed by atoms with Gasteiger partial charge in [-0.15, -0.1) is 0 Å². The molecule has 2 aliphatic carbocycles. The van der Waals surface area contributed by atoms with E-state index in [9.17, 15) is 23.6 Å². The average molecular weight is 561 g/mol. The Kier molecular flexibility index (Phi) is 7.92. The molecule has 1 heterocycles. The number of halogens is 1. The lowest BCUT2D eigenvalue weighted by molar-refractivity contribution is 0.0916. The third-order valence-corrected chi connectivity index (χ3v) is 7.83. The van der Waals surface area contributed by atoms with E-state index in [0.29, 0.717) is 41.8 Å². The number of carbonyl (C=O) groups excluding carboxylic acids is 2. The van der Waals surface area contributed by atoms with E-state index in [0.717, 1.165) is 31.7 Å². The summed E-state index contributed by atoms with van der Waals surface area (Å²) in [6.45, 7) is 4.15. The zero-order valence-corrected chi connectivity index (χ0v) is 23.1. The SMILES string of the molecule is CC(C)n1c(=O)n(CC2CC2)c(=O)c2cc(C(=O)N[C@@H]3CCCC[C@H]3NC(=O)Nc3ccc(C#N)c(F)c3)ccc21. The lowest BCUT2D eigenvalue weighted by Gasteiger charge is -2.32. The number of anilines is 1. The number of nitriles is 1. The van der Waals surface area contributed by atoms with Crippen molar-refractivity contribution in [2.24, 2.45) is 5.92 Å². The van der Waals surface area contributed by atoms with E-state index in [-0.39, 0.29) is 41.0 Å². The van der Waals surface area contributed by atoms with Gasteiger partial charge in [-0.05, 0) is 81.8 Å². The topological polar surface area (TPSA) is 138 Å². The van der Waals surface area contributed by atoms with Crippen molar-refractivity contribution in [3.8, 4) is 6.07 Å². The number of hydrogen-bond donors (Lipinski definition) is 3. The Morgan fingerprint density at radius 2 is 1.73 bits per heavy atom. The van der Waals surface area contributed by atoms with Gasteiger partial charge in [-0.2, -0.15) is 5.26 Å². The lowest BCUT2D eigenvalue weighted by atomic mass is 9.90. The van der Waals surface area contributed by atoms with Gasteiger partial charge in [-0.25, -0.2) is 14.0 Å². The molecule has 2 atom stereocenters. The van der Waals surface area contributed by atoms with Crippen LogP contribution in [0.2, 0.25) is 0 Å². The minimum atomic E-state index is -0.729. The van der Waals surface area contributed by atoms with E-state index in [1.807, 2.05) is 13.8 Å². The second-order valence-corrected chi connectivity index (χ2v) is 11.2. The molecule has 0 aliphatic heterocycles. The Hall–Kier alpha value is -4.46. The van der Waals surface area contributed by atoms with E-state index in [4.69, 9.17) is 5.26 Å². The Balaban J connectivity index is 1.34. The number of nitrogens with zero attached hydrogens (tertiary/aromatic N) is 3. The van der Waals surface area contributed by atoms with Gasteiger partial charge in [0, 0.05) is 29.9 Å². The van der Waals surface area contributed by atoms with E-state index in [2.05, 4.69) is 16.0 Å². The largest absolute Gasteiger partial charge is 0.347 e. The summed E-state index contributed by atoms with van der Waals surface area (Å²) in [6.07, 6.45) is 5.02. The molecule has 3 aromatic rings. The molecule has 11 heteroatoms. The molecule has 2 aliphatic rings. The summed E-state index contributed by atoms with van der Waals surface area (Å²) in [5.74, 6) is -0.780. The molecule has 10 nitrogen and oxygen atoms in total. The van der Waals surface area contributed by atoms with E-state index in [1.54, 1.807) is 28.8 Å². The van der Waals surface area contributed by atoms with Crippen LogP contribution in [0.15, 0.2) is 46.0 Å². The number of hydrogen-bond acceptors (Lipinski definition) is 5. The fourth-order valence-electron chi connectivity index (χ4n) is 5.49. The van der Waals surface area contributed by atoms with Gasteiger partial charge >= 0.3 is 11.7 Å². The number of benzene rings is 2. The van der Waals surface area contributed by atoms with Gasteiger partial charge < -0.3 is 16.0 Å². The van der Waals surface area contributed by atoms with E-state index >= 15 is 0 Å². The minimum Gasteiger partial charge on any atom is -0.347 e. The Morgan fingerprint density at radius 1 is 1.02 bits per heavy atom. The predicted octanol–water partition coefficient (Wildman–Crippen LogP) is 4.03. The number of fused-ring (bicyclic) bond motifs is 1. The molecule has 0 radical (unpaired) electrons. The molecule has 3 N–H and O–H groups in total. The van der Waals surface area contributed by atoms with Gasteiger partial charge in [0.15, 0.2) is 0 Å². The summed E-state index contributed by atoms with van der Waals surface area (Å²) in [5, 5.41) is 17.7. The molecule has 2 saturated carbocycles. The van der Waals surface area contributed by atoms with E-state index < -0.39 is 17.4 Å². The summed E-state index contributed by atoms with van der Waals surface area (Å²) >= 11 is 0. The van der Waals surface area contributed by atoms with Crippen molar-refractivity contribution >= 4 is 28.5 Å². The van der Waals surface area contributed by atoms with Gasteiger partial charge in [0.05, 0.1) is 22.5 Å². The van der Waals surface area contributed by atoms with Gasteiger partial charge in [-0.1, -0.05) is 12.8 Å². The number of amides is 3. The van der Waals surface area contributed by atoms with Crippen molar-refractivity contribution in [2.75, 3.05) is 5.32 Å². The maximum Gasteiger partial charge on any atom is 0.331 e. The highest BCUT2D eigenvalue weighted by atomic mass is 19.1. The van der Waals surface area contributed by atoms with Crippen molar-refractivity contribution in [1.29, 1.82) is 5.26 Å². The molecule has 2 fully saturated rings. The molecule has 214 valence electrons. The highest BCUT2D eigenvalue weighted by Gasteiger charge is 2.29. The van der Waals surface area contributed by atoms with Crippen molar-refractivity contribution < 1.29 is 14.0 Å². The highest BCUT2D eigenvalue weighted by Crippen LogP contribution is 2.30. The average Bonchev–Trinajstić information content (AvgIpc) is 3.76. The third kappa shape index (κ3) is 6.01. The van der Waals surface area contributed by atoms with Crippen LogP contribution in [-0.4, -0.2) is 33.2 Å². The Labute approximate surface area is 236 Å². The van der Waals surface area contributed by atoms with Crippen molar-refractivity contribution in [1.82, 2.24) is 19.8 Å². The maximum atomic E-state index is 13.9. The summed E-state index contributed by atoms with van der Waals surface area (Å²) in [4.78, 5) is 52.5. The first kappa shape index (κ1) is 28.1. The van der Waals surface area contributed by atoms with Crippen LogP contribution in [0.4, 0.5) is 14.9 Å². The Morgan fingerprint density at radius 3 is 2.37 bits per heavy atom. The molecule has 0 bridgehead atoms. The first-order valence-corrected chi connectivity index (χ1v) is 14.0. The van der Waals surface area contributed by atoms with Crippen LogP contribution in [0.25, 0.3) is 10.9 Å². The van der Waals surface area contributed by atoms with Crippen LogP contribution in [0.5, 0.6) is 0 Å². The normalized spacial score (nSPS) is 18.6. The van der Waals surface area contributed by atoms with Crippen molar-refractivity contribution in [2.45, 2.75) is 77.0 Å². The van der Waals surface area contributed by atoms with Gasteiger partial charge in [-0.3, -0.25) is 18.7 Å². The standard InChI is InChI=1S/C30H33FN6O4/c1-17(2)37-26-12-10-19(13-22(26)28(39)36(30(37)41)16-18-7-8-18)27(38)34-24-5-3-4-6-25(24)35-29(40)33-21-11-9-20(15-32)23(31)14-21/h9-14,17-18,24-25H,3-8,16H2,1-2H3,(H,34,38)(H2,33,35,40)/t24-,25-/m1/s1. The summed E-state index contributed by atoms with van der Waals surface area (Å²) in [7, 11) is 0. The number of urea groups is 1. The van der Waals surface area contributed by atoms with Crippen molar-refractivity contribution in [3.63, 3.8) is 0 Å². The van der Waals surface area contributed by atoms with Crippen LogP contribution in [-0.2, 0) is 6.54 Å². The molecule has 0 saturated heterocycles. The fraction of sp³-hybridized carbons (Fsp3) is 0.433. The molecule has 0 unspecified atom stereocenters. The fourth-order valence-corrected chi connectivity index (χ4v) is 5.49. The first-order valence-electron chi connectivity index (χ1n) is 14.0. The highest BCUT2D eigenvalue weighted by molar-refractivity contribution is 5.98. The summed E-state index contributed by atoms with van der Waals surface area (Å²) in [5.41, 5.74) is 0.152. The second kappa shape index (κ2) is 11.6. The van der Waals surface area contributed by atoms with Gasteiger partial charge in [0.1, 0.15) is 11.9 Å².